The van der Waals surface area contributed by atoms with Gasteiger partial charge in [0.15, 0.2) is 0 Å². The van der Waals surface area contributed by atoms with Crippen molar-refractivity contribution in [2.24, 2.45) is 0 Å². The fraction of sp³-hybridized carbons (Fsp3) is 0.467. The summed E-state index contributed by atoms with van der Waals surface area (Å²) >= 11 is 0. The molecule has 0 aliphatic rings. The number of aromatic nitrogens is 1. The molecule has 2 heterocycles. The average molecular weight is 246 g/mol. The van der Waals surface area contributed by atoms with Gasteiger partial charge in [-0.1, -0.05) is 0 Å². The molecule has 18 heavy (non-hydrogen) atoms. The summed E-state index contributed by atoms with van der Waals surface area (Å²) in [5.74, 6) is 1.07. The molecular formula is C15H22N2O. The van der Waals surface area contributed by atoms with Crippen LogP contribution < -0.4 is 5.32 Å². The molecule has 1 N–H and O–H groups in total. The Kier molecular flexibility index (Phi) is 4.65. The molecule has 0 fully saturated rings. The van der Waals surface area contributed by atoms with E-state index < -0.39 is 0 Å². The van der Waals surface area contributed by atoms with Crippen molar-refractivity contribution in [1.29, 1.82) is 0 Å². The number of furan rings is 1. The summed E-state index contributed by atoms with van der Waals surface area (Å²) in [6.45, 7) is 6.36. The van der Waals surface area contributed by atoms with Crippen molar-refractivity contribution in [1.82, 2.24) is 9.88 Å². The monoisotopic (exact) mass is 246 g/mol. The number of hydrogen-bond acceptors (Lipinski definition) is 2. The largest absolute Gasteiger partial charge is 0.469 e. The van der Waals surface area contributed by atoms with Crippen molar-refractivity contribution in [3.8, 4) is 0 Å². The minimum Gasteiger partial charge on any atom is -0.469 e. The smallest absolute Gasteiger partial charge is 0.103 e. The third kappa shape index (κ3) is 3.50. The van der Waals surface area contributed by atoms with Gasteiger partial charge in [-0.05, 0) is 44.5 Å². The van der Waals surface area contributed by atoms with E-state index in [0.29, 0.717) is 6.04 Å². The van der Waals surface area contributed by atoms with Gasteiger partial charge in [-0.15, -0.1) is 0 Å². The summed E-state index contributed by atoms with van der Waals surface area (Å²) in [5.41, 5.74) is 1.35. The highest BCUT2D eigenvalue weighted by Crippen LogP contribution is 2.07. The van der Waals surface area contributed by atoms with Crippen LogP contribution >= 0.6 is 0 Å². The SMILES string of the molecule is CCn1cccc1CNC(C)CCc1ccco1. The Morgan fingerprint density at radius 1 is 1.33 bits per heavy atom. The zero-order valence-corrected chi connectivity index (χ0v) is 11.2. The van der Waals surface area contributed by atoms with Crippen molar-refractivity contribution >= 4 is 0 Å². The molecule has 0 spiro atoms. The van der Waals surface area contributed by atoms with E-state index >= 15 is 0 Å². The molecule has 0 aliphatic heterocycles. The molecule has 98 valence electrons. The molecule has 0 aromatic carbocycles. The van der Waals surface area contributed by atoms with Crippen LogP contribution in [0.3, 0.4) is 0 Å². The van der Waals surface area contributed by atoms with Crippen LogP contribution in [-0.4, -0.2) is 10.6 Å². The summed E-state index contributed by atoms with van der Waals surface area (Å²) in [7, 11) is 0. The van der Waals surface area contributed by atoms with Crippen LogP contribution in [0.2, 0.25) is 0 Å². The topological polar surface area (TPSA) is 30.1 Å². The summed E-state index contributed by atoms with van der Waals surface area (Å²) in [6.07, 6.45) is 5.96. The fourth-order valence-corrected chi connectivity index (χ4v) is 2.11. The molecule has 3 nitrogen and oxygen atoms in total. The van der Waals surface area contributed by atoms with Crippen molar-refractivity contribution in [3.63, 3.8) is 0 Å². The lowest BCUT2D eigenvalue weighted by Gasteiger charge is -2.14. The molecule has 2 aromatic rings. The minimum atomic E-state index is 0.496. The molecule has 1 atom stereocenters. The lowest BCUT2D eigenvalue weighted by molar-refractivity contribution is 0.455. The highest BCUT2D eigenvalue weighted by Gasteiger charge is 2.05. The van der Waals surface area contributed by atoms with Gasteiger partial charge in [-0.25, -0.2) is 0 Å². The highest BCUT2D eigenvalue weighted by atomic mass is 16.3. The second-order valence-electron chi connectivity index (χ2n) is 4.69. The van der Waals surface area contributed by atoms with Crippen LogP contribution in [0.15, 0.2) is 41.1 Å². The van der Waals surface area contributed by atoms with Crippen LogP contribution in [0.25, 0.3) is 0 Å². The van der Waals surface area contributed by atoms with E-state index in [0.717, 1.165) is 31.7 Å². The Bertz CT molecular complexity index is 445. The first-order valence-corrected chi connectivity index (χ1v) is 6.69. The molecule has 2 aromatic heterocycles. The van der Waals surface area contributed by atoms with Crippen LogP contribution in [-0.2, 0) is 19.5 Å². The molecule has 0 aliphatic carbocycles. The third-order valence-corrected chi connectivity index (χ3v) is 3.30. The van der Waals surface area contributed by atoms with Gasteiger partial charge in [-0.3, -0.25) is 0 Å². The second-order valence-corrected chi connectivity index (χ2v) is 4.69. The summed E-state index contributed by atoms with van der Waals surface area (Å²) in [6, 6.07) is 8.76. The van der Waals surface area contributed by atoms with Crippen LogP contribution in [0, 0.1) is 0 Å². The van der Waals surface area contributed by atoms with Gasteiger partial charge in [-0.2, -0.15) is 0 Å². The standard InChI is InChI=1S/C15H22N2O/c1-3-17-10-4-6-14(17)12-16-13(2)8-9-15-7-5-11-18-15/h4-7,10-11,13,16H,3,8-9,12H2,1-2H3. The van der Waals surface area contributed by atoms with Crippen LogP contribution in [0.4, 0.5) is 0 Å². The van der Waals surface area contributed by atoms with E-state index in [1.807, 2.05) is 12.1 Å². The zero-order chi connectivity index (χ0) is 12.8. The molecule has 0 bridgehead atoms. The first-order valence-electron chi connectivity index (χ1n) is 6.69. The summed E-state index contributed by atoms with van der Waals surface area (Å²) < 4.78 is 7.61. The molecule has 0 radical (unpaired) electrons. The maximum Gasteiger partial charge on any atom is 0.103 e. The van der Waals surface area contributed by atoms with Crippen molar-refractivity contribution in [2.45, 2.75) is 45.8 Å². The predicted octanol–water partition coefficient (Wildman–Crippen LogP) is 3.21. The first kappa shape index (κ1) is 13.0. The van der Waals surface area contributed by atoms with Gasteiger partial charge in [0.2, 0.25) is 0 Å². The zero-order valence-electron chi connectivity index (χ0n) is 11.2. The Labute approximate surface area is 109 Å². The number of aryl methyl sites for hydroxylation is 2. The van der Waals surface area contributed by atoms with E-state index in [4.69, 9.17) is 4.42 Å². The Balaban J connectivity index is 1.73. The number of hydrogen-bond donors (Lipinski definition) is 1. The molecule has 0 amide bonds. The second kappa shape index (κ2) is 6.45. The molecule has 0 saturated heterocycles. The van der Waals surface area contributed by atoms with Crippen molar-refractivity contribution < 1.29 is 4.42 Å². The van der Waals surface area contributed by atoms with E-state index in [1.165, 1.54) is 5.69 Å². The molecular weight excluding hydrogens is 224 g/mol. The van der Waals surface area contributed by atoms with Gasteiger partial charge < -0.3 is 14.3 Å². The summed E-state index contributed by atoms with van der Waals surface area (Å²) in [5, 5.41) is 3.56. The third-order valence-electron chi connectivity index (χ3n) is 3.30. The first-order chi connectivity index (χ1) is 8.79. The van der Waals surface area contributed by atoms with Crippen molar-refractivity contribution in [2.75, 3.05) is 0 Å². The minimum absolute atomic E-state index is 0.496. The summed E-state index contributed by atoms with van der Waals surface area (Å²) in [4.78, 5) is 0. The van der Waals surface area contributed by atoms with Gasteiger partial charge >= 0.3 is 0 Å². The maximum atomic E-state index is 5.34. The van der Waals surface area contributed by atoms with Crippen LogP contribution in [0.1, 0.15) is 31.7 Å². The molecule has 2 rings (SSSR count). The lowest BCUT2D eigenvalue weighted by Crippen LogP contribution is -2.27. The fourth-order valence-electron chi connectivity index (χ4n) is 2.11. The predicted molar refractivity (Wildman–Crippen MR) is 73.4 cm³/mol. The van der Waals surface area contributed by atoms with E-state index in [-0.39, 0.29) is 0 Å². The van der Waals surface area contributed by atoms with Gasteiger partial charge in [0.1, 0.15) is 5.76 Å². The normalized spacial score (nSPS) is 12.8. The number of nitrogens with one attached hydrogen (secondary N) is 1. The molecule has 3 heteroatoms. The van der Waals surface area contributed by atoms with E-state index in [2.05, 4.69) is 42.1 Å². The Hall–Kier alpha value is -1.48. The van der Waals surface area contributed by atoms with Gasteiger partial charge in [0, 0.05) is 37.4 Å². The number of rotatable bonds is 7. The lowest BCUT2D eigenvalue weighted by atomic mass is 10.1. The van der Waals surface area contributed by atoms with Crippen LogP contribution in [0.5, 0.6) is 0 Å². The van der Waals surface area contributed by atoms with E-state index in [9.17, 15) is 0 Å². The Morgan fingerprint density at radius 2 is 2.22 bits per heavy atom. The van der Waals surface area contributed by atoms with Gasteiger partial charge in [0.05, 0.1) is 6.26 Å². The quantitative estimate of drug-likeness (QED) is 0.813. The maximum absolute atomic E-state index is 5.34. The Morgan fingerprint density at radius 3 is 2.94 bits per heavy atom. The highest BCUT2D eigenvalue weighted by molar-refractivity contribution is 5.07. The molecule has 0 saturated carbocycles. The van der Waals surface area contributed by atoms with Crippen molar-refractivity contribution in [3.05, 3.63) is 48.2 Å². The average Bonchev–Trinajstić information content (AvgIpc) is 3.04. The molecule has 1 unspecified atom stereocenters. The number of nitrogens with zero attached hydrogens (tertiary/aromatic N) is 1. The van der Waals surface area contributed by atoms with Gasteiger partial charge in [0.25, 0.3) is 0 Å². The van der Waals surface area contributed by atoms with E-state index in [1.54, 1.807) is 6.26 Å².